The molecule has 0 atom stereocenters. The SMILES string of the molecule is COCC1=C(C#CC2=CC(C#CC#CC3=C(COC)CC(C#CC4=C(COC)C=CC4)=C3)=C(COC)C2)CC=C1. The molecule has 0 saturated heterocycles. The molecular weight excluding hydrogens is 496 g/mol. The second-order valence-electron chi connectivity index (χ2n) is 9.68. The van der Waals surface area contributed by atoms with Crippen molar-refractivity contribution in [3.8, 4) is 47.4 Å². The summed E-state index contributed by atoms with van der Waals surface area (Å²) in [6.07, 6.45) is 15.7. The summed E-state index contributed by atoms with van der Waals surface area (Å²) in [5, 5.41) is 0. The number of ether oxygens (including phenoxy) is 4. The minimum atomic E-state index is 0.518. The van der Waals surface area contributed by atoms with Crippen LogP contribution in [0.2, 0.25) is 0 Å². The topological polar surface area (TPSA) is 36.9 Å². The van der Waals surface area contributed by atoms with Gasteiger partial charge in [-0.3, -0.25) is 0 Å². The van der Waals surface area contributed by atoms with Crippen molar-refractivity contribution in [1.29, 1.82) is 0 Å². The molecule has 0 aliphatic heterocycles. The molecule has 202 valence electrons. The van der Waals surface area contributed by atoms with Gasteiger partial charge in [0, 0.05) is 74.7 Å². The van der Waals surface area contributed by atoms with Crippen molar-refractivity contribution in [2.45, 2.75) is 25.7 Å². The van der Waals surface area contributed by atoms with Crippen molar-refractivity contribution in [2.24, 2.45) is 0 Å². The first-order valence-electron chi connectivity index (χ1n) is 13.3. The van der Waals surface area contributed by atoms with Crippen molar-refractivity contribution in [2.75, 3.05) is 54.9 Å². The normalized spacial score (nSPS) is 17.3. The number of methoxy groups -OCH3 is 4. The fourth-order valence-electron chi connectivity index (χ4n) is 4.77. The lowest BCUT2D eigenvalue weighted by Crippen LogP contribution is -1.95. The molecule has 0 unspecified atom stereocenters. The van der Waals surface area contributed by atoms with Crippen LogP contribution in [0.25, 0.3) is 0 Å². The van der Waals surface area contributed by atoms with E-state index in [9.17, 15) is 0 Å². The highest BCUT2D eigenvalue weighted by molar-refractivity contribution is 5.61. The van der Waals surface area contributed by atoms with Crippen LogP contribution >= 0.6 is 0 Å². The molecule has 4 rings (SSSR count). The van der Waals surface area contributed by atoms with E-state index in [2.05, 4.69) is 83.8 Å². The molecule has 0 aromatic rings. The van der Waals surface area contributed by atoms with Crippen LogP contribution in [0.3, 0.4) is 0 Å². The van der Waals surface area contributed by atoms with Crippen LogP contribution < -0.4 is 0 Å². The lowest BCUT2D eigenvalue weighted by atomic mass is 10.1. The Morgan fingerprint density at radius 1 is 0.550 bits per heavy atom. The fraction of sp³-hybridized carbons (Fsp3) is 0.333. The molecule has 4 nitrogen and oxygen atoms in total. The Balaban J connectivity index is 1.49. The Labute approximate surface area is 238 Å². The highest BCUT2D eigenvalue weighted by Crippen LogP contribution is 2.27. The van der Waals surface area contributed by atoms with E-state index in [4.69, 9.17) is 18.9 Å². The second kappa shape index (κ2) is 15.0. The first kappa shape index (κ1) is 29.0. The number of hydrogen-bond donors (Lipinski definition) is 0. The average Bonchev–Trinajstić information content (AvgIpc) is 3.74. The van der Waals surface area contributed by atoms with Crippen molar-refractivity contribution >= 4 is 0 Å². The Kier molecular flexibility index (Phi) is 10.8. The van der Waals surface area contributed by atoms with Gasteiger partial charge in [-0.05, 0) is 59.1 Å². The summed E-state index contributed by atoms with van der Waals surface area (Å²) in [7, 11) is 6.80. The Morgan fingerprint density at radius 2 is 0.975 bits per heavy atom. The predicted octanol–water partition coefficient (Wildman–Crippen LogP) is 5.35. The van der Waals surface area contributed by atoms with Gasteiger partial charge in [0.15, 0.2) is 0 Å². The van der Waals surface area contributed by atoms with Gasteiger partial charge in [-0.15, -0.1) is 0 Å². The van der Waals surface area contributed by atoms with Crippen LogP contribution in [0.4, 0.5) is 0 Å². The van der Waals surface area contributed by atoms with Crippen LogP contribution in [-0.2, 0) is 18.9 Å². The van der Waals surface area contributed by atoms with Gasteiger partial charge in [0.2, 0.25) is 0 Å². The third-order valence-corrected chi connectivity index (χ3v) is 6.71. The summed E-state index contributed by atoms with van der Waals surface area (Å²) in [4.78, 5) is 0. The molecule has 0 radical (unpaired) electrons. The van der Waals surface area contributed by atoms with E-state index in [1.165, 1.54) is 0 Å². The van der Waals surface area contributed by atoms with Gasteiger partial charge in [-0.2, -0.15) is 0 Å². The summed E-state index contributed by atoms with van der Waals surface area (Å²) in [6, 6.07) is 0. The summed E-state index contributed by atoms with van der Waals surface area (Å²) in [5.74, 6) is 25.8. The van der Waals surface area contributed by atoms with Crippen molar-refractivity contribution < 1.29 is 18.9 Å². The molecular formula is C36H34O4. The predicted molar refractivity (Wildman–Crippen MR) is 160 cm³/mol. The summed E-state index contributed by atoms with van der Waals surface area (Å²) < 4.78 is 21.4. The van der Waals surface area contributed by atoms with Gasteiger partial charge in [-0.1, -0.05) is 59.8 Å². The molecule has 0 aromatic heterocycles. The molecule has 0 spiro atoms. The van der Waals surface area contributed by atoms with E-state index < -0.39 is 0 Å². The van der Waals surface area contributed by atoms with E-state index in [1.54, 1.807) is 28.4 Å². The Morgan fingerprint density at radius 3 is 1.38 bits per heavy atom. The van der Waals surface area contributed by atoms with E-state index >= 15 is 0 Å². The zero-order chi connectivity index (χ0) is 28.2. The first-order valence-corrected chi connectivity index (χ1v) is 13.3. The average molecular weight is 531 g/mol. The summed E-state index contributed by atoms with van der Waals surface area (Å²) >= 11 is 0. The van der Waals surface area contributed by atoms with Crippen molar-refractivity contribution in [3.05, 3.63) is 92.2 Å². The largest absolute Gasteiger partial charge is 0.380 e. The molecule has 40 heavy (non-hydrogen) atoms. The van der Waals surface area contributed by atoms with Gasteiger partial charge >= 0.3 is 0 Å². The smallest absolute Gasteiger partial charge is 0.0721 e. The minimum Gasteiger partial charge on any atom is -0.380 e. The molecule has 0 heterocycles. The highest BCUT2D eigenvalue weighted by atomic mass is 16.5. The van der Waals surface area contributed by atoms with E-state index in [0.717, 1.165) is 81.4 Å². The molecule has 0 N–H and O–H groups in total. The van der Waals surface area contributed by atoms with E-state index in [-0.39, 0.29) is 0 Å². The van der Waals surface area contributed by atoms with Gasteiger partial charge in [0.05, 0.1) is 26.4 Å². The quantitative estimate of drug-likeness (QED) is 0.397. The van der Waals surface area contributed by atoms with Crippen LogP contribution in [0.5, 0.6) is 0 Å². The van der Waals surface area contributed by atoms with Crippen molar-refractivity contribution in [1.82, 2.24) is 0 Å². The number of rotatable bonds is 8. The fourth-order valence-corrected chi connectivity index (χ4v) is 4.77. The molecule has 0 amide bonds. The van der Waals surface area contributed by atoms with E-state index in [0.29, 0.717) is 26.4 Å². The summed E-state index contributed by atoms with van der Waals surface area (Å²) in [6.45, 7) is 2.20. The molecule has 0 fully saturated rings. The monoisotopic (exact) mass is 530 g/mol. The van der Waals surface area contributed by atoms with Crippen LogP contribution in [0.15, 0.2) is 92.2 Å². The lowest BCUT2D eigenvalue weighted by Gasteiger charge is -2.01. The Hall–Kier alpha value is -4.00. The van der Waals surface area contributed by atoms with Crippen molar-refractivity contribution in [3.63, 3.8) is 0 Å². The molecule has 0 saturated carbocycles. The van der Waals surface area contributed by atoms with E-state index in [1.807, 2.05) is 0 Å². The first-order chi connectivity index (χ1) is 19.6. The van der Waals surface area contributed by atoms with Gasteiger partial charge in [0.1, 0.15) is 0 Å². The number of hydrogen-bond acceptors (Lipinski definition) is 4. The minimum absolute atomic E-state index is 0.518. The zero-order valence-corrected chi connectivity index (χ0v) is 23.8. The number of allylic oxidation sites excluding steroid dienone is 10. The molecule has 0 aromatic carbocycles. The maximum atomic E-state index is 5.42. The molecule has 4 heteroatoms. The molecule has 4 aliphatic rings. The second-order valence-corrected chi connectivity index (χ2v) is 9.68. The molecule has 4 aliphatic carbocycles. The maximum Gasteiger partial charge on any atom is 0.0721 e. The standard InChI is InChI=1S/C36H34O4/c1-37-23-33-13-7-11-29(33)17-15-27-19-31(35(21-27)25-39-3)9-5-6-10-32-20-28(22-36(32)26-40-4)16-18-30-12-8-14-34(30)24-38-2/h7-8,13-14,19-20H,11-12,21-26H2,1-4H3. The van der Waals surface area contributed by atoms with Gasteiger partial charge in [0.25, 0.3) is 0 Å². The summed E-state index contributed by atoms with van der Waals surface area (Å²) in [5.41, 5.74) is 10.7. The lowest BCUT2D eigenvalue weighted by molar-refractivity contribution is 0.224. The molecule has 0 bridgehead atoms. The van der Waals surface area contributed by atoms with Gasteiger partial charge in [-0.25, -0.2) is 0 Å². The highest BCUT2D eigenvalue weighted by Gasteiger charge is 2.15. The van der Waals surface area contributed by atoms with Crippen LogP contribution in [0.1, 0.15) is 25.7 Å². The Bertz CT molecular complexity index is 1420. The van der Waals surface area contributed by atoms with Crippen LogP contribution in [0, 0.1) is 47.4 Å². The maximum absolute atomic E-state index is 5.42. The zero-order valence-electron chi connectivity index (χ0n) is 23.8. The third-order valence-electron chi connectivity index (χ3n) is 6.71. The third kappa shape index (κ3) is 7.78. The van der Waals surface area contributed by atoms with Crippen LogP contribution in [-0.4, -0.2) is 54.9 Å². The van der Waals surface area contributed by atoms with Gasteiger partial charge < -0.3 is 18.9 Å².